The average Bonchev–Trinajstić information content (AvgIpc) is 2.79. The maximum atomic E-state index is 12.2. The summed E-state index contributed by atoms with van der Waals surface area (Å²) >= 11 is 0. The van der Waals surface area contributed by atoms with E-state index in [1.165, 1.54) is 25.7 Å². The normalized spacial score (nSPS) is 37.6. The van der Waals surface area contributed by atoms with Gasteiger partial charge in [0.15, 0.2) is 0 Å². The topological polar surface area (TPSA) is 47.6 Å². The highest BCUT2D eigenvalue weighted by molar-refractivity contribution is 5.76. The Balaban J connectivity index is 1.40. The monoisotopic (exact) mass is 294 g/mol. The number of carbonyl (C=O) groups excluding carboxylic acids is 1. The van der Waals surface area contributed by atoms with Crippen molar-refractivity contribution in [2.45, 2.75) is 50.2 Å². The molecule has 0 aromatic carbocycles. The maximum Gasteiger partial charge on any atom is 0.220 e. The molecule has 5 nitrogen and oxygen atoms in total. The van der Waals surface area contributed by atoms with Gasteiger partial charge in [-0.25, -0.2) is 0 Å². The van der Waals surface area contributed by atoms with E-state index in [1.54, 1.807) is 0 Å². The SMILES string of the molecule is CN1CCN(C)C(CNC(=O)CC2CC3CCC(C2)N3)C1. The molecule has 21 heavy (non-hydrogen) atoms. The molecule has 2 bridgehead atoms. The molecule has 0 aromatic rings. The van der Waals surface area contributed by atoms with Crippen molar-refractivity contribution in [3.05, 3.63) is 0 Å². The molecule has 120 valence electrons. The fourth-order valence-corrected chi connectivity index (χ4v) is 4.23. The highest BCUT2D eigenvalue weighted by Crippen LogP contribution is 2.32. The molecule has 3 heterocycles. The molecule has 0 saturated carbocycles. The number of hydrogen-bond acceptors (Lipinski definition) is 4. The first-order valence-corrected chi connectivity index (χ1v) is 8.51. The number of nitrogens with zero attached hydrogens (tertiary/aromatic N) is 2. The number of likely N-dealkylation sites (N-methyl/N-ethyl adjacent to an activating group) is 2. The van der Waals surface area contributed by atoms with Crippen molar-refractivity contribution in [2.24, 2.45) is 5.92 Å². The van der Waals surface area contributed by atoms with Gasteiger partial charge in [-0.2, -0.15) is 0 Å². The zero-order chi connectivity index (χ0) is 14.8. The summed E-state index contributed by atoms with van der Waals surface area (Å²) in [6.45, 7) is 4.05. The number of rotatable bonds is 4. The van der Waals surface area contributed by atoms with Crippen LogP contribution < -0.4 is 10.6 Å². The summed E-state index contributed by atoms with van der Waals surface area (Å²) in [7, 11) is 4.32. The Morgan fingerprint density at radius 2 is 1.90 bits per heavy atom. The average molecular weight is 294 g/mol. The number of piperazine rings is 1. The third-order valence-corrected chi connectivity index (χ3v) is 5.56. The predicted molar refractivity (Wildman–Crippen MR) is 84.2 cm³/mol. The Bertz CT molecular complexity index is 363. The van der Waals surface area contributed by atoms with E-state index in [0.29, 0.717) is 24.0 Å². The van der Waals surface area contributed by atoms with Crippen LogP contribution in [0.4, 0.5) is 0 Å². The van der Waals surface area contributed by atoms with Crippen molar-refractivity contribution in [2.75, 3.05) is 40.3 Å². The number of fused-ring (bicyclic) bond motifs is 2. The van der Waals surface area contributed by atoms with Crippen LogP contribution in [0.25, 0.3) is 0 Å². The quantitative estimate of drug-likeness (QED) is 0.781. The van der Waals surface area contributed by atoms with Crippen LogP contribution in [0.3, 0.4) is 0 Å². The van der Waals surface area contributed by atoms with Crippen molar-refractivity contribution in [3.8, 4) is 0 Å². The highest BCUT2D eigenvalue weighted by Gasteiger charge is 2.34. The molecule has 0 aliphatic carbocycles. The summed E-state index contributed by atoms with van der Waals surface area (Å²) in [4.78, 5) is 16.9. The van der Waals surface area contributed by atoms with Gasteiger partial charge in [-0.1, -0.05) is 0 Å². The Kier molecular flexibility index (Phi) is 4.82. The van der Waals surface area contributed by atoms with Crippen molar-refractivity contribution in [1.29, 1.82) is 0 Å². The second kappa shape index (κ2) is 6.63. The molecule has 5 heteroatoms. The van der Waals surface area contributed by atoms with Crippen LogP contribution >= 0.6 is 0 Å². The van der Waals surface area contributed by atoms with Gasteiger partial charge in [-0.3, -0.25) is 9.69 Å². The molecule has 3 saturated heterocycles. The number of carbonyl (C=O) groups is 1. The summed E-state index contributed by atoms with van der Waals surface area (Å²) in [6, 6.07) is 1.82. The maximum absolute atomic E-state index is 12.2. The summed E-state index contributed by atoms with van der Waals surface area (Å²) in [5, 5.41) is 6.82. The molecule has 1 amide bonds. The van der Waals surface area contributed by atoms with Gasteiger partial charge in [0.2, 0.25) is 5.91 Å². The number of piperidine rings is 1. The Labute approximate surface area is 128 Å². The Morgan fingerprint density at radius 3 is 2.62 bits per heavy atom. The lowest BCUT2D eigenvalue weighted by Crippen LogP contribution is -2.54. The predicted octanol–water partition coefficient (Wildman–Crippen LogP) is 0.269. The third kappa shape index (κ3) is 3.96. The molecule has 3 atom stereocenters. The zero-order valence-corrected chi connectivity index (χ0v) is 13.5. The molecule has 3 rings (SSSR count). The fourth-order valence-electron chi connectivity index (χ4n) is 4.23. The van der Waals surface area contributed by atoms with E-state index in [0.717, 1.165) is 32.6 Å². The molecule has 3 fully saturated rings. The first-order valence-electron chi connectivity index (χ1n) is 8.51. The molecule has 2 N–H and O–H groups in total. The first-order chi connectivity index (χ1) is 10.1. The van der Waals surface area contributed by atoms with Crippen LogP contribution in [0.1, 0.15) is 32.1 Å². The van der Waals surface area contributed by atoms with E-state index in [2.05, 4.69) is 34.5 Å². The molecular weight excluding hydrogens is 264 g/mol. The minimum atomic E-state index is 0.253. The van der Waals surface area contributed by atoms with Crippen molar-refractivity contribution >= 4 is 5.91 Å². The molecule has 3 unspecified atom stereocenters. The van der Waals surface area contributed by atoms with Gasteiger partial charge in [0.05, 0.1) is 0 Å². The van der Waals surface area contributed by atoms with E-state index >= 15 is 0 Å². The standard InChI is InChI=1S/C16H30N4O/c1-19-5-6-20(2)15(11-19)10-17-16(21)9-12-7-13-3-4-14(8-12)18-13/h12-15,18H,3-11H2,1-2H3,(H,17,21). The van der Waals surface area contributed by atoms with Gasteiger partial charge < -0.3 is 15.5 Å². The van der Waals surface area contributed by atoms with Crippen molar-refractivity contribution in [1.82, 2.24) is 20.4 Å². The van der Waals surface area contributed by atoms with Gasteiger partial charge in [0.1, 0.15) is 0 Å². The number of nitrogens with one attached hydrogen (secondary N) is 2. The first kappa shape index (κ1) is 15.3. The number of amides is 1. The van der Waals surface area contributed by atoms with Crippen LogP contribution in [0.15, 0.2) is 0 Å². The van der Waals surface area contributed by atoms with Crippen LogP contribution in [0.5, 0.6) is 0 Å². The summed E-state index contributed by atoms with van der Waals surface area (Å²) in [6.07, 6.45) is 5.72. The molecule has 0 aromatic heterocycles. The summed E-state index contributed by atoms with van der Waals surface area (Å²) in [5.41, 5.74) is 0. The van der Waals surface area contributed by atoms with E-state index in [-0.39, 0.29) is 5.91 Å². The summed E-state index contributed by atoms with van der Waals surface area (Å²) < 4.78 is 0. The van der Waals surface area contributed by atoms with Gasteiger partial charge >= 0.3 is 0 Å². The second-order valence-electron chi connectivity index (χ2n) is 7.38. The van der Waals surface area contributed by atoms with E-state index in [1.807, 2.05) is 0 Å². The number of hydrogen-bond donors (Lipinski definition) is 2. The largest absolute Gasteiger partial charge is 0.354 e. The van der Waals surface area contributed by atoms with Gasteiger partial charge in [-0.15, -0.1) is 0 Å². The second-order valence-corrected chi connectivity index (χ2v) is 7.38. The molecule has 3 aliphatic heterocycles. The van der Waals surface area contributed by atoms with Gasteiger partial charge in [0.25, 0.3) is 0 Å². The van der Waals surface area contributed by atoms with E-state index < -0.39 is 0 Å². The van der Waals surface area contributed by atoms with Crippen LogP contribution in [-0.2, 0) is 4.79 Å². The van der Waals surface area contributed by atoms with E-state index in [4.69, 9.17) is 0 Å². The third-order valence-electron chi connectivity index (χ3n) is 5.56. The minimum Gasteiger partial charge on any atom is -0.354 e. The lowest BCUT2D eigenvalue weighted by molar-refractivity contribution is -0.122. The summed E-state index contributed by atoms with van der Waals surface area (Å²) in [5.74, 6) is 0.846. The molecule has 0 spiro atoms. The molecule has 3 aliphatic rings. The Hall–Kier alpha value is -0.650. The highest BCUT2D eigenvalue weighted by atomic mass is 16.1. The lowest BCUT2D eigenvalue weighted by atomic mass is 9.89. The van der Waals surface area contributed by atoms with Crippen molar-refractivity contribution < 1.29 is 4.79 Å². The lowest BCUT2D eigenvalue weighted by Gasteiger charge is -2.37. The zero-order valence-electron chi connectivity index (χ0n) is 13.5. The van der Waals surface area contributed by atoms with E-state index in [9.17, 15) is 4.79 Å². The van der Waals surface area contributed by atoms with Crippen molar-refractivity contribution in [3.63, 3.8) is 0 Å². The van der Waals surface area contributed by atoms with Gasteiger partial charge in [0, 0.05) is 50.7 Å². The van der Waals surface area contributed by atoms with Crippen LogP contribution in [0.2, 0.25) is 0 Å². The van der Waals surface area contributed by atoms with Gasteiger partial charge in [-0.05, 0) is 45.7 Å². The van der Waals surface area contributed by atoms with Crippen LogP contribution in [0, 0.1) is 5.92 Å². The fraction of sp³-hybridized carbons (Fsp3) is 0.938. The smallest absolute Gasteiger partial charge is 0.220 e. The molecular formula is C16H30N4O. The molecule has 0 radical (unpaired) electrons. The Morgan fingerprint density at radius 1 is 1.19 bits per heavy atom. The van der Waals surface area contributed by atoms with Crippen LogP contribution in [-0.4, -0.2) is 74.1 Å². The minimum absolute atomic E-state index is 0.253.